The Balaban J connectivity index is 1.42. The lowest BCUT2D eigenvalue weighted by atomic mass is 10.1. The molecular weight excluding hydrogens is 397 g/mol. The summed E-state index contributed by atoms with van der Waals surface area (Å²) in [5.74, 6) is -0.302. The van der Waals surface area contributed by atoms with Gasteiger partial charge in [0.15, 0.2) is 0 Å². The first kappa shape index (κ1) is 18.2. The summed E-state index contributed by atoms with van der Waals surface area (Å²) in [5.41, 5.74) is 0.636. The lowest BCUT2D eigenvalue weighted by molar-refractivity contribution is 0.0624. The van der Waals surface area contributed by atoms with Crippen molar-refractivity contribution in [3.8, 4) is 0 Å². The van der Waals surface area contributed by atoms with Gasteiger partial charge in [-0.2, -0.15) is 0 Å². The molecule has 3 aromatic rings. The molecule has 2 fully saturated rings. The fourth-order valence-electron chi connectivity index (χ4n) is 4.08. The van der Waals surface area contributed by atoms with Crippen molar-refractivity contribution < 1.29 is 17.9 Å². The van der Waals surface area contributed by atoms with Crippen molar-refractivity contribution in [3.05, 3.63) is 48.2 Å². The van der Waals surface area contributed by atoms with Crippen molar-refractivity contribution in [3.63, 3.8) is 0 Å². The van der Waals surface area contributed by atoms with Gasteiger partial charge in [0.2, 0.25) is 0 Å². The Bertz CT molecular complexity index is 1150. The number of amides is 1. The summed E-state index contributed by atoms with van der Waals surface area (Å²) in [6.07, 6.45) is 5.06. The predicted molar refractivity (Wildman–Crippen MR) is 103 cm³/mol. The van der Waals surface area contributed by atoms with E-state index in [0.717, 1.165) is 41.8 Å². The van der Waals surface area contributed by atoms with Crippen molar-refractivity contribution in [2.45, 2.75) is 23.3 Å². The molecule has 0 radical (unpaired) electrons. The number of nitrogens with one attached hydrogen (secondary N) is 1. The molecule has 1 spiro atoms. The number of hydrogen-bond donors (Lipinski definition) is 1. The Hall–Kier alpha value is -2.85. The number of aromatic nitrogens is 3. The second-order valence-electron chi connectivity index (χ2n) is 7.42. The predicted octanol–water partition coefficient (Wildman–Crippen LogP) is 1.83. The van der Waals surface area contributed by atoms with Gasteiger partial charge >= 0.3 is 0 Å². The van der Waals surface area contributed by atoms with Crippen LogP contribution >= 0.6 is 0 Å². The summed E-state index contributed by atoms with van der Waals surface area (Å²) in [6.45, 7) is 1.70. The van der Waals surface area contributed by atoms with Crippen LogP contribution in [0.2, 0.25) is 0 Å². The lowest BCUT2D eigenvalue weighted by Crippen LogP contribution is -2.57. The van der Waals surface area contributed by atoms with E-state index in [1.165, 1.54) is 12.4 Å². The van der Waals surface area contributed by atoms with Gasteiger partial charge in [-0.05, 0) is 48.2 Å². The van der Waals surface area contributed by atoms with Gasteiger partial charge in [-0.1, -0.05) is 0 Å². The summed E-state index contributed by atoms with van der Waals surface area (Å²) in [4.78, 5) is 28.3. The Labute approximate surface area is 168 Å². The molecule has 3 heterocycles. The largest absolute Gasteiger partial charge is 0.768 e. The zero-order chi connectivity index (χ0) is 20.2. The van der Waals surface area contributed by atoms with E-state index < -0.39 is 21.8 Å². The summed E-state index contributed by atoms with van der Waals surface area (Å²) in [6, 6.07) is 5.41. The van der Waals surface area contributed by atoms with Gasteiger partial charge in [0, 0.05) is 31.4 Å². The molecule has 29 heavy (non-hydrogen) atoms. The molecule has 1 saturated carbocycles. The molecule has 2 aromatic heterocycles. The first-order valence-electron chi connectivity index (χ1n) is 9.22. The van der Waals surface area contributed by atoms with Crippen LogP contribution in [0.1, 0.15) is 23.2 Å². The molecule has 10 heteroatoms. The van der Waals surface area contributed by atoms with Crippen LogP contribution in [0.5, 0.6) is 0 Å². The molecule has 8 nitrogen and oxygen atoms in total. The van der Waals surface area contributed by atoms with Crippen LogP contribution in [0, 0.1) is 5.82 Å². The highest BCUT2D eigenvalue weighted by atomic mass is 32.2. The van der Waals surface area contributed by atoms with Crippen LogP contribution in [0.4, 0.5) is 10.2 Å². The van der Waals surface area contributed by atoms with Gasteiger partial charge in [0.1, 0.15) is 23.6 Å². The minimum Gasteiger partial charge on any atom is -0.768 e. The molecule has 5 rings (SSSR count). The number of piperazine rings is 1. The number of benzene rings is 1. The van der Waals surface area contributed by atoms with Gasteiger partial charge in [0.25, 0.3) is 5.91 Å². The van der Waals surface area contributed by atoms with Crippen LogP contribution < -0.4 is 4.90 Å². The highest BCUT2D eigenvalue weighted by molar-refractivity contribution is 7.79. The minimum atomic E-state index is -2.74. The quantitative estimate of drug-likeness (QED) is 0.656. The molecule has 2 aliphatic rings. The molecule has 1 saturated heterocycles. The van der Waals surface area contributed by atoms with E-state index in [2.05, 4.69) is 19.9 Å². The molecule has 1 aliphatic heterocycles. The number of anilines is 1. The molecule has 1 N–H and O–H groups in total. The van der Waals surface area contributed by atoms with Gasteiger partial charge in [0.05, 0.1) is 15.8 Å². The lowest BCUT2D eigenvalue weighted by Gasteiger charge is -2.43. The third-order valence-electron chi connectivity index (χ3n) is 5.71. The third-order valence-corrected chi connectivity index (χ3v) is 6.39. The average molecular weight is 414 g/mol. The maximum atomic E-state index is 13.7. The molecular formula is C19H17FN5O3S-. The van der Waals surface area contributed by atoms with Crippen molar-refractivity contribution in [1.82, 2.24) is 19.9 Å². The number of H-pyrrole nitrogens is 1. The standard InChI is InChI=1S/C19H18FN5O3S/c20-14-2-1-12(9-15(14)29(27)28)18(26)25-8-7-24(10-19(25)4-5-19)17-13-3-6-21-16(13)22-11-23-17/h1-3,6,9,11H,4-5,7-8,10H2,(H,27,28)(H,21,22,23)/p-1. The number of fused-ring (bicyclic) bond motifs is 1. The van der Waals surface area contributed by atoms with E-state index >= 15 is 0 Å². The van der Waals surface area contributed by atoms with Gasteiger partial charge in [-0.3, -0.25) is 9.00 Å². The number of carbonyl (C=O) groups excluding carboxylic acids is 1. The van der Waals surface area contributed by atoms with Gasteiger partial charge in [-0.25, -0.2) is 14.4 Å². The maximum absolute atomic E-state index is 13.7. The molecule has 1 aliphatic carbocycles. The molecule has 150 valence electrons. The molecule has 1 atom stereocenters. The Morgan fingerprint density at radius 1 is 1.24 bits per heavy atom. The number of halogens is 1. The molecule has 1 amide bonds. The van der Waals surface area contributed by atoms with Gasteiger partial charge < -0.3 is 19.3 Å². The number of carbonyl (C=O) groups is 1. The van der Waals surface area contributed by atoms with E-state index in [-0.39, 0.29) is 17.0 Å². The smallest absolute Gasteiger partial charge is 0.254 e. The Morgan fingerprint density at radius 2 is 2.07 bits per heavy atom. The number of rotatable bonds is 3. The topological polar surface area (TPSA) is 105 Å². The SMILES string of the molecule is O=C(c1ccc(F)c(S(=O)[O-])c1)N1CCN(c2ncnc3[nH]ccc23)CC12CC2. The summed E-state index contributed by atoms with van der Waals surface area (Å²) in [5, 5.41) is 0.934. The normalized spacial score (nSPS) is 19.0. The molecule has 1 unspecified atom stereocenters. The number of aromatic amines is 1. The summed E-state index contributed by atoms with van der Waals surface area (Å²) < 4.78 is 36.1. The second kappa shape index (κ2) is 6.60. The zero-order valence-electron chi connectivity index (χ0n) is 15.3. The van der Waals surface area contributed by atoms with Crippen molar-refractivity contribution in [2.75, 3.05) is 24.5 Å². The first-order valence-corrected chi connectivity index (χ1v) is 10.3. The number of nitrogens with zero attached hydrogens (tertiary/aromatic N) is 4. The second-order valence-corrected chi connectivity index (χ2v) is 8.33. The maximum Gasteiger partial charge on any atom is 0.254 e. The highest BCUT2D eigenvalue weighted by Gasteiger charge is 2.53. The van der Waals surface area contributed by atoms with Crippen LogP contribution in [0.25, 0.3) is 11.0 Å². The van der Waals surface area contributed by atoms with E-state index in [4.69, 9.17) is 0 Å². The Morgan fingerprint density at radius 3 is 2.83 bits per heavy atom. The minimum absolute atomic E-state index is 0.181. The number of hydrogen-bond acceptors (Lipinski definition) is 6. The average Bonchev–Trinajstić information content (AvgIpc) is 3.29. The fraction of sp³-hybridized carbons (Fsp3) is 0.316. The summed E-state index contributed by atoms with van der Waals surface area (Å²) >= 11 is -2.74. The first-order chi connectivity index (χ1) is 14.0. The monoisotopic (exact) mass is 414 g/mol. The van der Waals surface area contributed by atoms with E-state index in [1.54, 1.807) is 4.90 Å². The molecule has 1 aromatic carbocycles. The zero-order valence-corrected chi connectivity index (χ0v) is 16.1. The van der Waals surface area contributed by atoms with Crippen molar-refractivity contribution >= 4 is 33.8 Å². The van der Waals surface area contributed by atoms with E-state index in [1.807, 2.05) is 12.3 Å². The Kier molecular flexibility index (Phi) is 4.14. The van der Waals surface area contributed by atoms with E-state index in [0.29, 0.717) is 19.6 Å². The van der Waals surface area contributed by atoms with Crippen molar-refractivity contribution in [1.29, 1.82) is 0 Å². The fourth-order valence-corrected chi connectivity index (χ4v) is 4.53. The van der Waals surface area contributed by atoms with E-state index in [9.17, 15) is 17.9 Å². The van der Waals surface area contributed by atoms with Crippen LogP contribution in [-0.2, 0) is 11.1 Å². The van der Waals surface area contributed by atoms with Crippen LogP contribution in [0.15, 0.2) is 41.7 Å². The van der Waals surface area contributed by atoms with Gasteiger partial charge in [-0.15, -0.1) is 0 Å². The molecule has 0 bridgehead atoms. The highest BCUT2D eigenvalue weighted by Crippen LogP contribution is 2.46. The van der Waals surface area contributed by atoms with Crippen LogP contribution in [-0.4, -0.2) is 59.7 Å². The van der Waals surface area contributed by atoms with Crippen LogP contribution in [0.3, 0.4) is 0 Å². The van der Waals surface area contributed by atoms with Crippen molar-refractivity contribution in [2.24, 2.45) is 0 Å². The third kappa shape index (κ3) is 2.99. The summed E-state index contributed by atoms with van der Waals surface area (Å²) in [7, 11) is 0.